The molecule has 0 radical (unpaired) electrons. The Balaban J connectivity index is 1.43. The van der Waals surface area contributed by atoms with E-state index in [-0.39, 0.29) is 17.5 Å². The van der Waals surface area contributed by atoms with Gasteiger partial charge < -0.3 is 15.4 Å². The molecule has 0 bridgehead atoms. The number of hydrogen-bond donors (Lipinski definition) is 2. The van der Waals surface area contributed by atoms with E-state index >= 15 is 0 Å². The van der Waals surface area contributed by atoms with Crippen LogP contribution in [0.5, 0.6) is 0 Å². The van der Waals surface area contributed by atoms with Gasteiger partial charge in [-0.3, -0.25) is 14.3 Å². The van der Waals surface area contributed by atoms with Crippen molar-refractivity contribution in [3.8, 4) is 5.69 Å². The van der Waals surface area contributed by atoms with Gasteiger partial charge >= 0.3 is 0 Å². The van der Waals surface area contributed by atoms with Crippen molar-refractivity contribution in [2.45, 2.75) is 51.0 Å². The SMILES string of the molecule is CCn1cc(NC(=O)c2cc(C3CC3)nc3c2c(C2CC2)nn3-c2ccccc2)c(C(=O)NCCOC)n1. The lowest BCUT2D eigenvalue weighted by Gasteiger charge is -2.10. The van der Waals surface area contributed by atoms with Crippen molar-refractivity contribution in [1.29, 1.82) is 0 Å². The number of pyridine rings is 1. The Hall–Kier alpha value is -4.05. The largest absolute Gasteiger partial charge is 0.383 e. The Morgan fingerprint density at radius 3 is 2.50 bits per heavy atom. The van der Waals surface area contributed by atoms with Crippen LogP contribution in [0.3, 0.4) is 0 Å². The van der Waals surface area contributed by atoms with Gasteiger partial charge in [0.15, 0.2) is 11.3 Å². The van der Waals surface area contributed by atoms with E-state index in [9.17, 15) is 9.59 Å². The van der Waals surface area contributed by atoms with E-state index in [2.05, 4.69) is 15.7 Å². The summed E-state index contributed by atoms with van der Waals surface area (Å²) in [5.41, 5.74) is 4.51. The van der Waals surface area contributed by atoms with Crippen LogP contribution in [0.25, 0.3) is 16.7 Å². The van der Waals surface area contributed by atoms with Gasteiger partial charge in [0, 0.05) is 43.9 Å². The zero-order valence-corrected chi connectivity index (χ0v) is 21.6. The van der Waals surface area contributed by atoms with Gasteiger partial charge in [-0.15, -0.1) is 0 Å². The molecule has 2 saturated carbocycles. The second kappa shape index (κ2) is 10.0. The van der Waals surface area contributed by atoms with Gasteiger partial charge in [-0.25, -0.2) is 9.67 Å². The van der Waals surface area contributed by atoms with E-state index in [0.717, 1.165) is 48.1 Å². The molecule has 0 aliphatic heterocycles. The molecular formula is C28H31N7O3. The van der Waals surface area contributed by atoms with Gasteiger partial charge in [0.2, 0.25) is 0 Å². The number of carbonyl (C=O) groups excluding carboxylic acids is 2. The van der Waals surface area contributed by atoms with Crippen LogP contribution < -0.4 is 10.6 Å². The summed E-state index contributed by atoms with van der Waals surface area (Å²) >= 11 is 0. The number of ether oxygens (including phenoxy) is 1. The Kier molecular flexibility index (Phi) is 6.40. The quantitative estimate of drug-likeness (QED) is 0.310. The number of hydrogen-bond acceptors (Lipinski definition) is 6. The maximum absolute atomic E-state index is 13.9. The number of amides is 2. The molecule has 3 heterocycles. The zero-order chi connectivity index (χ0) is 26.2. The van der Waals surface area contributed by atoms with E-state index in [4.69, 9.17) is 14.8 Å². The molecule has 196 valence electrons. The minimum atomic E-state index is -0.362. The first-order chi connectivity index (χ1) is 18.6. The number of nitrogens with zero attached hydrogens (tertiary/aromatic N) is 5. The third-order valence-electron chi connectivity index (χ3n) is 7.03. The lowest BCUT2D eigenvalue weighted by molar-refractivity contribution is 0.0932. The fourth-order valence-corrected chi connectivity index (χ4v) is 4.70. The van der Waals surface area contributed by atoms with Crippen LogP contribution in [-0.4, -0.2) is 56.6 Å². The van der Waals surface area contributed by atoms with Crippen LogP contribution in [0.15, 0.2) is 42.6 Å². The molecule has 0 atom stereocenters. The predicted molar refractivity (Wildman–Crippen MR) is 143 cm³/mol. The number of para-hydroxylation sites is 1. The standard InChI is InChI=1S/C28H31N7O3/c1-3-34-16-22(25(32-34)28(37)29-13-14-38-2)31-27(36)20-15-21(17-9-10-17)30-26-23(20)24(18-11-12-18)33-35(26)19-7-5-4-6-8-19/h4-8,15-18H,3,9-14H2,1-2H3,(H,29,37)(H,31,36). The molecule has 2 aliphatic carbocycles. The summed E-state index contributed by atoms with van der Waals surface area (Å²) in [6.07, 6.45) is 5.90. The first-order valence-corrected chi connectivity index (χ1v) is 13.2. The third-order valence-corrected chi connectivity index (χ3v) is 7.03. The Bertz CT molecular complexity index is 1500. The monoisotopic (exact) mass is 513 g/mol. The topological polar surface area (TPSA) is 116 Å². The minimum absolute atomic E-state index is 0.173. The maximum atomic E-state index is 13.9. The Labute approximate surface area is 220 Å². The normalized spacial score (nSPS) is 15.1. The van der Waals surface area contributed by atoms with E-state index < -0.39 is 0 Å². The van der Waals surface area contributed by atoms with Gasteiger partial charge in [-0.05, 0) is 50.8 Å². The fourth-order valence-electron chi connectivity index (χ4n) is 4.70. The van der Waals surface area contributed by atoms with Crippen molar-refractivity contribution >= 4 is 28.5 Å². The molecule has 38 heavy (non-hydrogen) atoms. The highest BCUT2D eigenvalue weighted by atomic mass is 16.5. The fraction of sp³-hybridized carbons (Fsp3) is 0.393. The minimum Gasteiger partial charge on any atom is -0.383 e. The Morgan fingerprint density at radius 2 is 1.82 bits per heavy atom. The number of rotatable bonds is 10. The molecule has 4 aromatic rings. The number of fused-ring (bicyclic) bond motifs is 1. The van der Waals surface area contributed by atoms with Crippen molar-refractivity contribution in [3.63, 3.8) is 0 Å². The van der Waals surface area contributed by atoms with Crippen molar-refractivity contribution < 1.29 is 14.3 Å². The molecule has 2 amide bonds. The number of aromatic nitrogens is 5. The van der Waals surface area contributed by atoms with Crippen LogP contribution >= 0.6 is 0 Å². The lowest BCUT2D eigenvalue weighted by atomic mass is 10.0. The summed E-state index contributed by atoms with van der Waals surface area (Å²) in [4.78, 5) is 31.8. The van der Waals surface area contributed by atoms with Gasteiger partial charge in [0.25, 0.3) is 11.8 Å². The van der Waals surface area contributed by atoms with Gasteiger partial charge in [0.1, 0.15) is 0 Å². The van der Waals surface area contributed by atoms with Gasteiger partial charge in [-0.1, -0.05) is 18.2 Å². The average Bonchev–Trinajstić information content (AvgIpc) is 3.88. The van der Waals surface area contributed by atoms with Crippen molar-refractivity contribution in [2.75, 3.05) is 25.6 Å². The van der Waals surface area contributed by atoms with Crippen LogP contribution in [0, 0.1) is 0 Å². The molecule has 0 saturated heterocycles. The number of aryl methyl sites for hydroxylation is 1. The molecule has 2 fully saturated rings. The first kappa shape index (κ1) is 24.3. The molecule has 10 nitrogen and oxygen atoms in total. The predicted octanol–water partition coefficient (Wildman–Crippen LogP) is 4.02. The van der Waals surface area contributed by atoms with E-state index in [1.54, 1.807) is 18.0 Å². The van der Waals surface area contributed by atoms with E-state index in [0.29, 0.717) is 48.4 Å². The van der Waals surface area contributed by atoms with Crippen molar-refractivity contribution in [3.05, 3.63) is 65.2 Å². The highest BCUT2D eigenvalue weighted by Gasteiger charge is 2.35. The number of carbonyl (C=O) groups is 2. The highest BCUT2D eigenvalue weighted by Crippen LogP contribution is 2.45. The number of methoxy groups -OCH3 is 1. The summed E-state index contributed by atoms with van der Waals surface area (Å²) in [7, 11) is 1.57. The van der Waals surface area contributed by atoms with Crippen molar-refractivity contribution in [2.24, 2.45) is 0 Å². The summed E-state index contributed by atoms with van der Waals surface area (Å²) in [6, 6.07) is 11.8. The second-order valence-electron chi connectivity index (χ2n) is 9.92. The third kappa shape index (κ3) is 4.67. The van der Waals surface area contributed by atoms with E-state index in [1.165, 1.54) is 0 Å². The van der Waals surface area contributed by atoms with Crippen LogP contribution in [0.1, 0.15) is 76.7 Å². The molecule has 2 N–H and O–H groups in total. The molecule has 6 rings (SSSR count). The summed E-state index contributed by atoms with van der Waals surface area (Å²) < 4.78 is 8.54. The molecule has 0 unspecified atom stereocenters. The summed E-state index contributed by atoms with van der Waals surface area (Å²) in [5, 5.41) is 15.9. The smallest absolute Gasteiger partial charge is 0.274 e. The number of benzene rings is 1. The van der Waals surface area contributed by atoms with Gasteiger partial charge in [0.05, 0.1) is 34.6 Å². The van der Waals surface area contributed by atoms with Crippen LogP contribution in [-0.2, 0) is 11.3 Å². The molecule has 2 aliphatic rings. The molecule has 1 aromatic carbocycles. The zero-order valence-electron chi connectivity index (χ0n) is 21.6. The first-order valence-electron chi connectivity index (χ1n) is 13.2. The summed E-state index contributed by atoms with van der Waals surface area (Å²) in [5.74, 6) is 0.000956. The average molecular weight is 514 g/mol. The Morgan fingerprint density at radius 1 is 1.05 bits per heavy atom. The second-order valence-corrected chi connectivity index (χ2v) is 9.92. The molecule has 10 heteroatoms. The highest BCUT2D eigenvalue weighted by molar-refractivity contribution is 6.14. The van der Waals surface area contributed by atoms with E-state index in [1.807, 2.05) is 48.0 Å². The number of nitrogens with one attached hydrogen (secondary N) is 2. The lowest BCUT2D eigenvalue weighted by Crippen LogP contribution is -2.28. The number of anilines is 1. The maximum Gasteiger partial charge on any atom is 0.274 e. The summed E-state index contributed by atoms with van der Waals surface area (Å²) in [6.45, 7) is 3.23. The van der Waals surface area contributed by atoms with Crippen LogP contribution in [0.4, 0.5) is 5.69 Å². The molecular weight excluding hydrogens is 482 g/mol. The van der Waals surface area contributed by atoms with Crippen molar-refractivity contribution in [1.82, 2.24) is 29.9 Å². The molecule has 3 aromatic heterocycles. The van der Waals surface area contributed by atoms with Crippen LogP contribution in [0.2, 0.25) is 0 Å². The molecule has 0 spiro atoms. The van der Waals surface area contributed by atoms with Gasteiger partial charge in [-0.2, -0.15) is 10.2 Å².